The maximum Gasteiger partial charge on any atom is 0.236 e. The molecule has 0 unspecified atom stereocenters. The highest BCUT2D eigenvalue weighted by molar-refractivity contribution is 5.78. The lowest BCUT2D eigenvalue weighted by Gasteiger charge is -2.30. The minimum absolute atomic E-state index is 0.132. The van der Waals surface area contributed by atoms with E-state index >= 15 is 0 Å². The first-order chi connectivity index (χ1) is 6.74. The highest BCUT2D eigenvalue weighted by atomic mass is 16.2. The highest BCUT2D eigenvalue weighted by Gasteiger charge is 2.20. The molecule has 1 aliphatic carbocycles. The molecule has 0 aromatic rings. The molecule has 0 aromatic heterocycles. The number of carbonyl (C=O) groups excluding carboxylic acids is 1. The average molecular weight is 194 g/mol. The van der Waals surface area contributed by atoms with E-state index in [-0.39, 0.29) is 5.91 Å². The first-order valence-electron chi connectivity index (χ1n) is 5.12. The van der Waals surface area contributed by atoms with Gasteiger partial charge in [-0.1, -0.05) is 12.3 Å². The van der Waals surface area contributed by atoms with Crippen molar-refractivity contribution >= 4 is 5.91 Å². The summed E-state index contributed by atoms with van der Waals surface area (Å²) in [5.41, 5.74) is 0. The Morgan fingerprint density at radius 1 is 1.64 bits per heavy atom. The molecule has 14 heavy (non-hydrogen) atoms. The average Bonchev–Trinajstić information content (AvgIpc) is 2.11. The van der Waals surface area contributed by atoms with E-state index < -0.39 is 0 Å². The minimum atomic E-state index is 0.132. The van der Waals surface area contributed by atoms with Crippen molar-refractivity contribution in [2.75, 3.05) is 26.7 Å². The number of hydrogen-bond donors (Lipinski definition) is 1. The summed E-state index contributed by atoms with van der Waals surface area (Å²) >= 11 is 0. The molecule has 0 saturated heterocycles. The van der Waals surface area contributed by atoms with Gasteiger partial charge in [0, 0.05) is 13.6 Å². The van der Waals surface area contributed by atoms with E-state index in [0.717, 1.165) is 12.5 Å². The summed E-state index contributed by atoms with van der Waals surface area (Å²) in [5.74, 6) is 3.31. The fourth-order valence-electron chi connectivity index (χ4n) is 1.54. The SMILES string of the molecule is C#CCNCC(=O)N(C)CC1CCC1. The second kappa shape index (κ2) is 5.66. The van der Waals surface area contributed by atoms with E-state index in [1.54, 1.807) is 4.90 Å². The van der Waals surface area contributed by atoms with Crippen molar-refractivity contribution in [3.8, 4) is 12.3 Å². The molecule has 0 atom stereocenters. The molecule has 0 radical (unpaired) electrons. The third kappa shape index (κ3) is 3.39. The van der Waals surface area contributed by atoms with Crippen molar-refractivity contribution in [2.24, 2.45) is 5.92 Å². The maximum atomic E-state index is 11.5. The van der Waals surface area contributed by atoms with Crippen LogP contribution in [0.25, 0.3) is 0 Å². The summed E-state index contributed by atoms with van der Waals surface area (Å²) in [6, 6.07) is 0. The van der Waals surface area contributed by atoms with E-state index in [9.17, 15) is 4.79 Å². The van der Waals surface area contributed by atoms with E-state index in [2.05, 4.69) is 11.2 Å². The van der Waals surface area contributed by atoms with Gasteiger partial charge in [0.15, 0.2) is 0 Å². The fourth-order valence-corrected chi connectivity index (χ4v) is 1.54. The van der Waals surface area contributed by atoms with Gasteiger partial charge in [0.2, 0.25) is 5.91 Å². The zero-order valence-corrected chi connectivity index (χ0v) is 8.75. The number of nitrogens with zero attached hydrogens (tertiary/aromatic N) is 1. The van der Waals surface area contributed by atoms with Gasteiger partial charge in [0.1, 0.15) is 0 Å². The molecule has 1 fully saturated rings. The molecule has 1 N–H and O–H groups in total. The fraction of sp³-hybridized carbons (Fsp3) is 0.727. The van der Waals surface area contributed by atoms with Crippen LogP contribution in [0.15, 0.2) is 0 Å². The van der Waals surface area contributed by atoms with Gasteiger partial charge in [-0.25, -0.2) is 0 Å². The predicted molar refractivity (Wildman–Crippen MR) is 56.7 cm³/mol. The lowest BCUT2D eigenvalue weighted by molar-refractivity contribution is -0.129. The lowest BCUT2D eigenvalue weighted by Crippen LogP contribution is -2.39. The number of terminal acetylenes is 1. The minimum Gasteiger partial charge on any atom is -0.344 e. The van der Waals surface area contributed by atoms with Gasteiger partial charge in [0.05, 0.1) is 13.1 Å². The van der Waals surface area contributed by atoms with E-state index in [0.29, 0.717) is 13.1 Å². The molecule has 1 saturated carbocycles. The topological polar surface area (TPSA) is 32.3 Å². The molecule has 1 aliphatic rings. The van der Waals surface area contributed by atoms with Crippen LogP contribution in [0.5, 0.6) is 0 Å². The largest absolute Gasteiger partial charge is 0.344 e. The molecule has 1 amide bonds. The smallest absolute Gasteiger partial charge is 0.236 e. The summed E-state index contributed by atoms with van der Waals surface area (Å²) in [6.45, 7) is 1.72. The molecule has 0 heterocycles. The van der Waals surface area contributed by atoms with E-state index in [1.807, 2.05) is 7.05 Å². The van der Waals surface area contributed by atoms with Crippen LogP contribution in [0.1, 0.15) is 19.3 Å². The van der Waals surface area contributed by atoms with Crippen LogP contribution >= 0.6 is 0 Å². The van der Waals surface area contributed by atoms with E-state index in [4.69, 9.17) is 6.42 Å². The van der Waals surface area contributed by atoms with Gasteiger partial charge in [-0.05, 0) is 18.8 Å². The zero-order chi connectivity index (χ0) is 10.4. The molecule has 0 bridgehead atoms. The van der Waals surface area contributed by atoms with Gasteiger partial charge >= 0.3 is 0 Å². The van der Waals surface area contributed by atoms with Gasteiger partial charge in [-0.3, -0.25) is 10.1 Å². The second-order valence-electron chi connectivity index (χ2n) is 3.88. The monoisotopic (exact) mass is 194 g/mol. The molecule has 78 valence electrons. The second-order valence-corrected chi connectivity index (χ2v) is 3.88. The molecule has 0 aromatic carbocycles. The number of carbonyl (C=O) groups is 1. The predicted octanol–water partition coefficient (Wildman–Crippen LogP) is 0.468. The van der Waals surface area contributed by atoms with Gasteiger partial charge in [0.25, 0.3) is 0 Å². The van der Waals surface area contributed by atoms with Crippen LogP contribution in [0, 0.1) is 18.3 Å². The number of amides is 1. The highest BCUT2D eigenvalue weighted by Crippen LogP contribution is 2.26. The summed E-state index contributed by atoms with van der Waals surface area (Å²) in [7, 11) is 1.86. The zero-order valence-electron chi connectivity index (χ0n) is 8.75. The van der Waals surface area contributed by atoms with Crippen LogP contribution < -0.4 is 5.32 Å². The Bertz CT molecular complexity index is 228. The normalized spacial score (nSPS) is 15.7. The van der Waals surface area contributed by atoms with Crippen LogP contribution in [-0.4, -0.2) is 37.5 Å². The van der Waals surface area contributed by atoms with Crippen LogP contribution in [0.2, 0.25) is 0 Å². The third-order valence-electron chi connectivity index (χ3n) is 2.69. The summed E-state index contributed by atoms with van der Waals surface area (Å²) in [4.78, 5) is 13.3. The quantitative estimate of drug-likeness (QED) is 0.509. The Hall–Kier alpha value is -1.01. The molecule has 1 rings (SSSR count). The lowest BCUT2D eigenvalue weighted by atomic mass is 9.85. The van der Waals surface area contributed by atoms with Crippen molar-refractivity contribution < 1.29 is 4.79 Å². The van der Waals surface area contributed by atoms with Crippen molar-refractivity contribution in [2.45, 2.75) is 19.3 Å². The van der Waals surface area contributed by atoms with Crippen molar-refractivity contribution in [1.29, 1.82) is 0 Å². The molecule has 3 nitrogen and oxygen atoms in total. The molecular weight excluding hydrogens is 176 g/mol. The van der Waals surface area contributed by atoms with Crippen LogP contribution in [-0.2, 0) is 4.79 Å². The Labute approximate surface area is 85.9 Å². The molecule has 3 heteroatoms. The van der Waals surface area contributed by atoms with Crippen LogP contribution in [0.4, 0.5) is 0 Å². The standard InChI is InChI=1S/C11H18N2O/c1-3-7-12-8-11(14)13(2)9-10-5-4-6-10/h1,10,12H,4-9H2,2H3. The first-order valence-corrected chi connectivity index (χ1v) is 5.12. The Balaban J connectivity index is 2.12. The van der Waals surface area contributed by atoms with Gasteiger partial charge < -0.3 is 4.90 Å². The van der Waals surface area contributed by atoms with Crippen molar-refractivity contribution in [3.05, 3.63) is 0 Å². The van der Waals surface area contributed by atoms with Gasteiger partial charge in [-0.15, -0.1) is 6.42 Å². The number of likely N-dealkylation sites (N-methyl/N-ethyl adjacent to an activating group) is 1. The van der Waals surface area contributed by atoms with Crippen molar-refractivity contribution in [3.63, 3.8) is 0 Å². The first kappa shape index (κ1) is 11.1. The Morgan fingerprint density at radius 3 is 2.86 bits per heavy atom. The summed E-state index contributed by atoms with van der Waals surface area (Å²) < 4.78 is 0. The number of rotatable bonds is 5. The third-order valence-corrected chi connectivity index (χ3v) is 2.69. The summed E-state index contributed by atoms with van der Waals surface area (Å²) in [5, 5.41) is 2.90. The van der Waals surface area contributed by atoms with Crippen molar-refractivity contribution in [1.82, 2.24) is 10.2 Å². The molecular formula is C11H18N2O. The van der Waals surface area contributed by atoms with Gasteiger partial charge in [-0.2, -0.15) is 0 Å². The van der Waals surface area contributed by atoms with Crippen LogP contribution in [0.3, 0.4) is 0 Å². The maximum absolute atomic E-state index is 11.5. The summed E-state index contributed by atoms with van der Waals surface area (Å²) in [6.07, 6.45) is 8.93. The molecule has 0 spiro atoms. The Morgan fingerprint density at radius 2 is 2.36 bits per heavy atom. The Kier molecular flexibility index (Phi) is 4.48. The number of hydrogen-bond acceptors (Lipinski definition) is 2. The van der Waals surface area contributed by atoms with E-state index in [1.165, 1.54) is 19.3 Å². The number of nitrogens with one attached hydrogen (secondary N) is 1. The molecule has 0 aliphatic heterocycles.